The summed E-state index contributed by atoms with van der Waals surface area (Å²) in [7, 11) is -4.23. The van der Waals surface area contributed by atoms with Gasteiger partial charge in [-0.15, -0.1) is 0 Å². The summed E-state index contributed by atoms with van der Waals surface area (Å²) in [4.78, 5) is 8.62. The zero-order chi connectivity index (χ0) is 12.5. The Hall–Kier alpha value is -0.0900. The summed E-state index contributed by atoms with van der Waals surface area (Å²) in [6, 6.07) is 0. The Labute approximate surface area is 90.6 Å². The van der Waals surface area contributed by atoms with Gasteiger partial charge in [0.2, 0.25) is 0 Å². The Kier molecular flexibility index (Phi) is 4.41. The molecule has 1 saturated heterocycles. The number of aliphatic hydroxyl groups excluding tert-OH is 4. The van der Waals surface area contributed by atoms with Gasteiger partial charge in [0.05, 0.1) is 6.61 Å². The van der Waals surface area contributed by atoms with E-state index < -0.39 is 45.1 Å². The molecule has 0 aromatic rings. The first kappa shape index (κ1) is 14.0. The van der Waals surface area contributed by atoms with Crippen LogP contribution in [0.25, 0.3) is 0 Å². The maximum Gasteiger partial charge on any atom is 0.400 e. The van der Waals surface area contributed by atoms with Crippen molar-refractivity contribution < 1.29 is 39.1 Å². The highest BCUT2D eigenvalue weighted by atomic mass is 31.2. The maximum absolute atomic E-state index is 10.6. The highest BCUT2D eigenvalue weighted by Gasteiger charge is 2.43. The summed E-state index contributed by atoms with van der Waals surface area (Å²) in [5.74, 6) is 0. The van der Waals surface area contributed by atoms with Gasteiger partial charge in [-0.25, -0.2) is 10.1 Å². The molecule has 16 heavy (non-hydrogen) atoms. The predicted molar refractivity (Wildman–Crippen MR) is 48.9 cm³/mol. The van der Waals surface area contributed by atoms with E-state index in [-0.39, 0.29) is 0 Å². The van der Waals surface area contributed by atoms with Crippen LogP contribution in [0.4, 0.5) is 0 Å². The van der Waals surface area contributed by atoms with Gasteiger partial charge in [0.15, 0.2) is 6.29 Å². The zero-order valence-electron chi connectivity index (χ0n) is 8.08. The maximum atomic E-state index is 10.6. The van der Waals surface area contributed by atoms with E-state index in [1.54, 1.807) is 0 Å². The minimum atomic E-state index is -4.23. The van der Waals surface area contributed by atoms with Crippen molar-refractivity contribution in [2.24, 2.45) is 5.50 Å². The summed E-state index contributed by atoms with van der Waals surface area (Å²) in [6.45, 7) is -0.605. The molecule has 7 N–H and O–H groups in total. The molecule has 0 saturated carbocycles. The minimum absolute atomic E-state index is 0.605. The highest BCUT2D eigenvalue weighted by molar-refractivity contribution is 7.50. The summed E-state index contributed by atoms with van der Waals surface area (Å²) in [5.41, 5.74) is 4.67. The Morgan fingerprint density at radius 2 is 1.75 bits per heavy atom. The molecule has 9 nitrogen and oxygen atoms in total. The van der Waals surface area contributed by atoms with Crippen molar-refractivity contribution in [3.63, 3.8) is 0 Å². The molecular formula is C6H14NO8P. The Balaban J connectivity index is 2.57. The van der Waals surface area contributed by atoms with Gasteiger partial charge in [0.25, 0.3) is 0 Å². The van der Waals surface area contributed by atoms with E-state index in [0.29, 0.717) is 0 Å². The van der Waals surface area contributed by atoms with E-state index >= 15 is 0 Å². The van der Waals surface area contributed by atoms with Crippen LogP contribution in [0.15, 0.2) is 0 Å². The second-order valence-corrected chi connectivity index (χ2v) is 4.78. The second kappa shape index (κ2) is 5.05. The third kappa shape index (κ3) is 3.45. The molecule has 10 heteroatoms. The standard InChI is InChI=1S/C6H14NO8P/c7-16(12,13)14-1-2-3(8)4(9)5(10)6(11)15-2/h2-6,8-11H,1H2,(H3,7,12,13)/t2-,3-,4+,5+,6?/m1/s1. The molecule has 1 rings (SSSR count). The van der Waals surface area contributed by atoms with Crippen molar-refractivity contribution in [3.05, 3.63) is 0 Å². The van der Waals surface area contributed by atoms with Crippen molar-refractivity contribution in [1.82, 2.24) is 0 Å². The van der Waals surface area contributed by atoms with Crippen molar-refractivity contribution in [2.45, 2.75) is 30.7 Å². The molecule has 96 valence electrons. The smallest absolute Gasteiger partial charge is 0.387 e. The number of aliphatic hydroxyl groups is 4. The first-order valence-corrected chi connectivity index (χ1v) is 6.00. The molecule has 0 amide bonds. The van der Waals surface area contributed by atoms with Crippen LogP contribution in [-0.4, -0.2) is 62.6 Å². The molecule has 2 unspecified atom stereocenters. The molecule has 0 bridgehead atoms. The molecule has 1 fully saturated rings. The number of hydrogen-bond donors (Lipinski definition) is 6. The largest absolute Gasteiger partial charge is 0.400 e. The summed E-state index contributed by atoms with van der Waals surface area (Å²) >= 11 is 0. The fourth-order valence-corrected chi connectivity index (χ4v) is 1.61. The average molecular weight is 259 g/mol. The lowest BCUT2D eigenvalue weighted by atomic mass is 10.00. The van der Waals surface area contributed by atoms with Gasteiger partial charge in [0.1, 0.15) is 24.4 Å². The first-order valence-electron chi connectivity index (χ1n) is 4.36. The Morgan fingerprint density at radius 3 is 2.25 bits per heavy atom. The van der Waals surface area contributed by atoms with Gasteiger partial charge >= 0.3 is 7.75 Å². The van der Waals surface area contributed by atoms with Gasteiger partial charge in [0, 0.05) is 0 Å². The van der Waals surface area contributed by atoms with E-state index in [1.165, 1.54) is 0 Å². The molecule has 0 spiro atoms. The summed E-state index contributed by atoms with van der Waals surface area (Å²) in [6.07, 6.45) is -7.86. The van der Waals surface area contributed by atoms with Crippen LogP contribution in [0.3, 0.4) is 0 Å². The van der Waals surface area contributed by atoms with Crippen molar-refractivity contribution in [3.8, 4) is 0 Å². The molecule has 6 atom stereocenters. The van der Waals surface area contributed by atoms with Crippen LogP contribution in [0, 0.1) is 0 Å². The fraction of sp³-hybridized carbons (Fsp3) is 1.00. The van der Waals surface area contributed by atoms with Gasteiger partial charge in [-0.1, -0.05) is 0 Å². The van der Waals surface area contributed by atoms with Crippen LogP contribution in [-0.2, 0) is 13.8 Å². The van der Waals surface area contributed by atoms with E-state index in [4.69, 9.17) is 15.1 Å². The third-order valence-electron chi connectivity index (χ3n) is 2.11. The highest BCUT2D eigenvalue weighted by Crippen LogP contribution is 2.32. The van der Waals surface area contributed by atoms with Gasteiger partial charge in [-0.05, 0) is 0 Å². The molecule has 1 aliphatic heterocycles. The molecular weight excluding hydrogens is 245 g/mol. The fourth-order valence-electron chi connectivity index (χ4n) is 1.25. The number of ether oxygens (including phenoxy) is 1. The SMILES string of the molecule is NP(=O)(O)OC[C@H]1OC(O)[C@@H](O)[C@@H](O)[C@@H]1O. The molecule has 0 radical (unpaired) electrons. The molecule has 0 aromatic carbocycles. The zero-order valence-corrected chi connectivity index (χ0v) is 8.97. The van der Waals surface area contributed by atoms with E-state index in [0.717, 1.165) is 0 Å². The predicted octanol–water partition coefficient (Wildman–Crippen LogP) is -3.14. The topological polar surface area (TPSA) is 163 Å². The minimum Gasteiger partial charge on any atom is -0.387 e. The molecule has 0 aliphatic carbocycles. The van der Waals surface area contributed by atoms with Gasteiger partial charge in [-0.3, -0.25) is 4.52 Å². The summed E-state index contributed by atoms with van der Waals surface area (Å²) in [5, 5.41) is 36.9. The monoisotopic (exact) mass is 259 g/mol. The number of hydrogen-bond acceptors (Lipinski definition) is 7. The molecule has 1 aliphatic rings. The Morgan fingerprint density at radius 1 is 1.19 bits per heavy atom. The van der Waals surface area contributed by atoms with Crippen LogP contribution in [0.5, 0.6) is 0 Å². The normalized spacial score (nSPS) is 44.0. The summed E-state index contributed by atoms with van der Waals surface area (Å²) < 4.78 is 19.5. The van der Waals surface area contributed by atoms with Crippen molar-refractivity contribution in [2.75, 3.05) is 6.61 Å². The van der Waals surface area contributed by atoms with Crippen molar-refractivity contribution in [1.29, 1.82) is 0 Å². The molecule has 1 heterocycles. The Bertz CT molecular complexity index is 282. The number of nitrogens with two attached hydrogens (primary N) is 1. The van der Waals surface area contributed by atoms with E-state index in [9.17, 15) is 14.8 Å². The quantitative estimate of drug-likeness (QED) is 0.287. The first-order chi connectivity index (χ1) is 7.22. The van der Waals surface area contributed by atoms with Crippen molar-refractivity contribution >= 4 is 7.75 Å². The van der Waals surface area contributed by atoms with Crippen LogP contribution >= 0.6 is 7.75 Å². The van der Waals surface area contributed by atoms with E-state index in [2.05, 4.69) is 14.8 Å². The molecule has 0 aromatic heterocycles. The van der Waals surface area contributed by atoms with Crippen LogP contribution in [0.1, 0.15) is 0 Å². The number of rotatable bonds is 3. The van der Waals surface area contributed by atoms with Crippen LogP contribution in [0.2, 0.25) is 0 Å². The third-order valence-corrected chi connectivity index (χ3v) is 2.63. The van der Waals surface area contributed by atoms with Gasteiger partial charge < -0.3 is 30.1 Å². The lowest BCUT2D eigenvalue weighted by Gasteiger charge is -2.38. The lowest BCUT2D eigenvalue weighted by Crippen LogP contribution is -2.58. The lowest BCUT2D eigenvalue weighted by molar-refractivity contribution is -0.285. The average Bonchev–Trinajstić information content (AvgIpc) is 2.17. The second-order valence-electron chi connectivity index (χ2n) is 3.40. The van der Waals surface area contributed by atoms with Gasteiger partial charge in [-0.2, -0.15) is 0 Å². The van der Waals surface area contributed by atoms with Crippen LogP contribution < -0.4 is 5.50 Å². The van der Waals surface area contributed by atoms with E-state index in [1.807, 2.05) is 0 Å².